The molecule has 1 heterocycles. The summed E-state index contributed by atoms with van der Waals surface area (Å²) in [6.45, 7) is 2.22. The molecule has 6 heteroatoms. The maximum absolute atomic E-state index is 12.1. The van der Waals surface area contributed by atoms with Crippen molar-refractivity contribution in [2.45, 2.75) is 32.0 Å². The van der Waals surface area contributed by atoms with Gasteiger partial charge in [0.25, 0.3) is 5.91 Å². The van der Waals surface area contributed by atoms with E-state index in [0.717, 1.165) is 12.0 Å². The van der Waals surface area contributed by atoms with Gasteiger partial charge in [-0.25, -0.2) is 4.79 Å². The Morgan fingerprint density at radius 2 is 2.19 bits per heavy atom. The van der Waals surface area contributed by atoms with Crippen LogP contribution in [0.15, 0.2) is 18.2 Å². The standard InChI is InChI=1S/C15H20N2O4/c1-9-7-10(3-5-12(9)15(19)20-2)17-14(18)13-6-4-11(8-16)21-13/h3,5,7,11,13H,4,6,8,16H2,1-2H3,(H,17,18)/t11-,13+/m1/s1. The maximum atomic E-state index is 12.1. The third-order valence-electron chi connectivity index (χ3n) is 3.56. The van der Waals surface area contributed by atoms with Crippen LogP contribution in [0.2, 0.25) is 0 Å². The number of amides is 1. The highest BCUT2D eigenvalue weighted by Crippen LogP contribution is 2.21. The molecule has 2 atom stereocenters. The summed E-state index contributed by atoms with van der Waals surface area (Å²) in [5, 5.41) is 2.80. The quantitative estimate of drug-likeness (QED) is 0.814. The maximum Gasteiger partial charge on any atom is 0.338 e. The van der Waals surface area contributed by atoms with Gasteiger partial charge in [-0.15, -0.1) is 0 Å². The van der Waals surface area contributed by atoms with Crippen molar-refractivity contribution >= 4 is 17.6 Å². The van der Waals surface area contributed by atoms with E-state index in [1.807, 2.05) is 0 Å². The van der Waals surface area contributed by atoms with E-state index < -0.39 is 12.1 Å². The fourth-order valence-corrected chi connectivity index (χ4v) is 2.38. The van der Waals surface area contributed by atoms with Gasteiger partial charge in [0.1, 0.15) is 6.10 Å². The Morgan fingerprint density at radius 1 is 1.43 bits per heavy atom. The molecule has 1 fully saturated rings. The topological polar surface area (TPSA) is 90.7 Å². The molecule has 1 aromatic carbocycles. The van der Waals surface area contributed by atoms with Crippen molar-refractivity contribution in [2.24, 2.45) is 5.73 Å². The Kier molecular flexibility index (Phi) is 4.93. The average molecular weight is 292 g/mol. The van der Waals surface area contributed by atoms with Crippen molar-refractivity contribution in [1.82, 2.24) is 0 Å². The molecule has 2 rings (SSSR count). The van der Waals surface area contributed by atoms with Crippen molar-refractivity contribution in [1.29, 1.82) is 0 Å². The number of hydrogen-bond acceptors (Lipinski definition) is 5. The number of rotatable bonds is 4. The average Bonchev–Trinajstić information content (AvgIpc) is 2.95. The van der Waals surface area contributed by atoms with E-state index in [9.17, 15) is 9.59 Å². The van der Waals surface area contributed by atoms with Gasteiger partial charge in [0, 0.05) is 12.2 Å². The van der Waals surface area contributed by atoms with Crippen LogP contribution in [0.4, 0.5) is 5.69 Å². The predicted molar refractivity (Wildman–Crippen MR) is 78.1 cm³/mol. The molecule has 0 radical (unpaired) electrons. The van der Waals surface area contributed by atoms with Crippen molar-refractivity contribution < 1.29 is 19.1 Å². The first-order chi connectivity index (χ1) is 10.0. The number of ether oxygens (including phenoxy) is 2. The third kappa shape index (κ3) is 3.59. The summed E-state index contributed by atoms with van der Waals surface area (Å²) in [6.07, 6.45) is 0.977. The number of carbonyl (C=O) groups excluding carboxylic acids is 2. The molecule has 1 saturated heterocycles. The molecular formula is C15H20N2O4. The zero-order valence-electron chi connectivity index (χ0n) is 12.2. The third-order valence-corrected chi connectivity index (χ3v) is 3.56. The summed E-state index contributed by atoms with van der Waals surface area (Å²) in [7, 11) is 1.34. The van der Waals surface area contributed by atoms with E-state index in [2.05, 4.69) is 10.1 Å². The molecule has 1 amide bonds. The lowest BCUT2D eigenvalue weighted by Crippen LogP contribution is -2.29. The number of esters is 1. The van der Waals surface area contributed by atoms with Gasteiger partial charge in [-0.05, 0) is 43.5 Å². The molecule has 0 unspecified atom stereocenters. The Morgan fingerprint density at radius 3 is 2.76 bits per heavy atom. The van der Waals surface area contributed by atoms with Crippen LogP contribution in [0, 0.1) is 6.92 Å². The number of benzene rings is 1. The number of anilines is 1. The number of methoxy groups -OCH3 is 1. The summed E-state index contributed by atoms with van der Waals surface area (Å²) < 4.78 is 10.2. The van der Waals surface area contributed by atoms with Crippen LogP contribution in [0.1, 0.15) is 28.8 Å². The van der Waals surface area contributed by atoms with E-state index in [-0.39, 0.29) is 12.0 Å². The van der Waals surface area contributed by atoms with E-state index in [4.69, 9.17) is 10.5 Å². The van der Waals surface area contributed by atoms with Gasteiger partial charge in [0.2, 0.25) is 0 Å². The molecular weight excluding hydrogens is 272 g/mol. The molecule has 114 valence electrons. The fraction of sp³-hybridized carbons (Fsp3) is 0.467. The van der Waals surface area contributed by atoms with Crippen molar-refractivity contribution in [3.05, 3.63) is 29.3 Å². The fourth-order valence-electron chi connectivity index (χ4n) is 2.38. The van der Waals surface area contributed by atoms with Crippen LogP contribution in [0.3, 0.4) is 0 Å². The summed E-state index contributed by atoms with van der Waals surface area (Å²) in [5.74, 6) is -0.577. The van der Waals surface area contributed by atoms with Crippen molar-refractivity contribution in [3.63, 3.8) is 0 Å². The van der Waals surface area contributed by atoms with Gasteiger partial charge in [-0.1, -0.05) is 0 Å². The SMILES string of the molecule is COC(=O)c1ccc(NC(=O)[C@@H]2CC[C@H](CN)O2)cc1C. The van der Waals surface area contributed by atoms with E-state index in [1.165, 1.54) is 7.11 Å². The van der Waals surface area contributed by atoms with Crippen LogP contribution in [0.25, 0.3) is 0 Å². The minimum atomic E-state index is -0.459. The molecule has 21 heavy (non-hydrogen) atoms. The minimum Gasteiger partial charge on any atom is -0.465 e. The highest BCUT2D eigenvalue weighted by atomic mass is 16.5. The molecule has 1 aromatic rings. The molecule has 0 spiro atoms. The Hall–Kier alpha value is -1.92. The monoisotopic (exact) mass is 292 g/mol. The van der Waals surface area contributed by atoms with E-state index in [0.29, 0.717) is 24.2 Å². The molecule has 0 bridgehead atoms. The highest BCUT2D eigenvalue weighted by Gasteiger charge is 2.29. The first-order valence-corrected chi connectivity index (χ1v) is 6.90. The smallest absolute Gasteiger partial charge is 0.338 e. The summed E-state index contributed by atoms with van der Waals surface area (Å²) in [5.41, 5.74) is 7.38. The van der Waals surface area contributed by atoms with Crippen LogP contribution in [-0.2, 0) is 14.3 Å². The molecule has 1 aliphatic heterocycles. The molecule has 0 aliphatic carbocycles. The van der Waals surface area contributed by atoms with Gasteiger partial charge in [0.15, 0.2) is 0 Å². The zero-order chi connectivity index (χ0) is 15.4. The summed E-state index contributed by atoms with van der Waals surface area (Å²) in [6, 6.07) is 5.04. The molecule has 0 saturated carbocycles. The molecule has 3 N–H and O–H groups in total. The second-order valence-corrected chi connectivity index (χ2v) is 5.07. The lowest BCUT2D eigenvalue weighted by molar-refractivity contribution is -0.126. The van der Waals surface area contributed by atoms with E-state index in [1.54, 1.807) is 25.1 Å². The molecule has 6 nitrogen and oxygen atoms in total. The number of nitrogens with two attached hydrogens (primary N) is 1. The van der Waals surface area contributed by atoms with Crippen LogP contribution >= 0.6 is 0 Å². The first-order valence-electron chi connectivity index (χ1n) is 6.90. The molecule has 0 aromatic heterocycles. The van der Waals surface area contributed by atoms with Crippen molar-refractivity contribution in [2.75, 3.05) is 19.0 Å². The van der Waals surface area contributed by atoms with Gasteiger partial charge in [-0.2, -0.15) is 0 Å². The Labute approximate surface area is 123 Å². The number of hydrogen-bond donors (Lipinski definition) is 2. The lowest BCUT2D eigenvalue weighted by Gasteiger charge is -2.13. The van der Waals surface area contributed by atoms with Gasteiger partial charge < -0.3 is 20.5 Å². The number of nitrogens with one attached hydrogen (secondary N) is 1. The van der Waals surface area contributed by atoms with Gasteiger partial charge in [0.05, 0.1) is 18.8 Å². The minimum absolute atomic E-state index is 0.0378. The van der Waals surface area contributed by atoms with Crippen LogP contribution in [0.5, 0.6) is 0 Å². The normalized spacial score (nSPS) is 21.1. The number of aryl methyl sites for hydroxylation is 1. The largest absolute Gasteiger partial charge is 0.465 e. The van der Waals surface area contributed by atoms with Gasteiger partial charge in [-0.3, -0.25) is 4.79 Å². The second-order valence-electron chi connectivity index (χ2n) is 5.07. The predicted octanol–water partition coefficient (Wildman–Crippen LogP) is 1.23. The zero-order valence-corrected chi connectivity index (χ0v) is 12.2. The molecule has 1 aliphatic rings. The Balaban J connectivity index is 2.02. The lowest BCUT2D eigenvalue weighted by atomic mass is 10.1. The van der Waals surface area contributed by atoms with Crippen LogP contribution < -0.4 is 11.1 Å². The number of carbonyl (C=O) groups is 2. The van der Waals surface area contributed by atoms with E-state index >= 15 is 0 Å². The van der Waals surface area contributed by atoms with Crippen LogP contribution in [-0.4, -0.2) is 37.7 Å². The van der Waals surface area contributed by atoms with Crippen molar-refractivity contribution in [3.8, 4) is 0 Å². The highest BCUT2D eigenvalue weighted by molar-refractivity contribution is 5.96. The Bertz CT molecular complexity index is 544. The summed E-state index contributed by atoms with van der Waals surface area (Å²) in [4.78, 5) is 23.6. The summed E-state index contributed by atoms with van der Waals surface area (Å²) >= 11 is 0. The van der Waals surface area contributed by atoms with Gasteiger partial charge >= 0.3 is 5.97 Å². The first kappa shape index (κ1) is 15.5. The second kappa shape index (κ2) is 6.69.